The van der Waals surface area contributed by atoms with Crippen molar-refractivity contribution in [3.05, 3.63) is 75.9 Å². The van der Waals surface area contributed by atoms with Crippen LogP contribution in [0.3, 0.4) is 0 Å². The van der Waals surface area contributed by atoms with Crippen molar-refractivity contribution >= 4 is 34.9 Å². The average molecular weight is 521 g/mol. The number of aliphatic hydroxyl groups is 1. The van der Waals surface area contributed by atoms with E-state index in [2.05, 4.69) is 15.1 Å². The minimum Gasteiger partial charge on any atom is -0.362 e. The topological polar surface area (TPSA) is 61.6 Å². The van der Waals surface area contributed by atoms with Gasteiger partial charge in [0.2, 0.25) is 5.95 Å². The number of aromatic nitrogens is 2. The molecule has 178 valence electrons. The molecular formula is C21H12Cl2F6N4O. The Labute approximate surface area is 198 Å². The lowest BCUT2D eigenvalue weighted by atomic mass is 10.0. The molecule has 34 heavy (non-hydrogen) atoms. The molecule has 5 nitrogen and oxygen atoms in total. The van der Waals surface area contributed by atoms with E-state index in [1.807, 2.05) is 0 Å². The van der Waals surface area contributed by atoms with E-state index in [9.17, 15) is 31.4 Å². The maximum absolute atomic E-state index is 14.0. The molecule has 3 aromatic rings. The summed E-state index contributed by atoms with van der Waals surface area (Å²) in [5.41, 5.74) is -5.47. The van der Waals surface area contributed by atoms with Gasteiger partial charge in [-0.2, -0.15) is 36.5 Å². The first-order valence-corrected chi connectivity index (χ1v) is 10.2. The molecule has 0 saturated heterocycles. The van der Waals surface area contributed by atoms with Crippen molar-refractivity contribution in [2.45, 2.75) is 24.5 Å². The SMILES string of the molecule is OC1(C(F)(F)F)CC(c2ccc(Cl)cc2)=NN1c1nc(-c2ccc(Cl)cc2)cc(C(F)(F)F)n1. The highest BCUT2D eigenvalue weighted by Crippen LogP contribution is 2.44. The molecular weight excluding hydrogens is 509 g/mol. The van der Waals surface area contributed by atoms with Gasteiger partial charge < -0.3 is 5.11 Å². The zero-order valence-corrected chi connectivity index (χ0v) is 18.2. The number of hydrogen-bond acceptors (Lipinski definition) is 5. The molecule has 0 amide bonds. The molecule has 0 spiro atoms. The second-order valence-electron chi connectivity index (χ2n) is 7.30. The van der Waals surface area contributed by atoms with E-state index in [-0.39, 0.29) is 32.6 Å². The van der Waals surface area contributed by atoms with Gasteiger partial charge in [0, 0.05) is 15.6 Å². The van der Waals surface area contributed by atoms with Crippen LogP contribution in [0.15, 0.2) is 59.7 Å². The van der Waals surface area contributed by atoms with Crippen molar-refractivity contribution in [1.29, 1.82) is 0 Å². The number of rotatable bonds is 3. The van der Waals surface area contributed by atoms with Crippen LogP contribution in [0.5, 0.6) is 0 Å². The van der Waals surface area contributed by atoms with Crippen LogP contribution in [0.2, 0.25) is 10.0 Å². The third-order valence-corrected chi connectivity index (χ3v) is 5.45. The molecule has 1 atom stereocenters. The van der Waals surface area contributed by atoms with Crippen LogP contribution in [0.1, 0.15) is 17.7 Å². The third kappa shape index (κ3) is 4.55. The molecule has 0 radical (unpaired) electrons. The van der Waals surface area contributed by atoms with E-state index >= 15 is 0 Å². The van der Waals surface area contributed by atoms with Crippen LogP contribution < -0.4 is 5.01 Å². The van der Waals surface area contributed by atoms with Crippen LogP contribution in [-0.2, 0) is 6.18 Å². The van der Waals surface area contributed by atoms with Crippen LogP contribution in [0.4, 0.5) is 32.3 Å². The molecule has 1 aliphatic rings. The summed E-state index contributed by atoms with van der Waals surface area (Å²) in [4.78, 5) is 7.12. The van der Waals surface area contributed by atoms with Crippen LogP contribution >= 0.6 is 23.2 Å². The molecule has 0 fully saturated rings. The van der Waals surface area contributed by atoms with Gasteiger partial charge in [0.05, 0.1) is 17.8 Å². The lowest BCUT2D eigenvalue weighted by Crippen LogP contribution is -2.55. The van der Waals surface area contributed by atoms with E-state index in [4.69, 9.17) is 23.2 Å². The van der Waals surface area contributed by atoms with Gasteiger partial charge in [-0.15, -0.1) is 0 Å². The van der Waals surface area contributed by atoms with Gasteiger partial charge in [-0.3, -0.25) is 0 Å². The van der Waals surface area contributed by atoms with Crippen molar-refractivity contribution in [3.63, 3.8) is 0 Å². The Hall–Kier alpha value is -2.89. The highest BCUT2D eigenvalue weighted by atomic mass is 35.5. The zero-order valence-electron chi connectivity index (χ0n) is 16.7. The summed E-state index contributed by atoms with van der Waals surface area (Å²) in [6.45, 7) is 0. The van der Waals surface area contributed by atoms with Gasteiger partial charge in [0.1, 0.15) is 0 Å². The second kappa shape index (κ2) is 8.40. The molecule has 13 heteroatoms. The molecule has 1 aromatic heterocycles. The van der Waals surface area contributed by atoms with E-state index in [1.165, 1.54) is 48.5 Å². The lowest BCUT2D eigenvalue weighted by molar-refractivity contribution is -0.254. The Balaban J connectivity index is 1.90. The van der Waals surface area contributed by atoms with Crippen molar-refractivity contribution in [1.82, 2.24) is 9.97 Å². The molecule has 0 saturated carbocycles. The summed E-state index contributed by atoms with van der Waals surface area (Å²) in [6.07, 6.45) is -11.4. The lowest BCUT2D eigenvalue weighted by Gasteiger charge is -2.32. The number of hydrazone groups is 1. The fourth-order valence-corrected chi connectivity index (χ4v) is 3.47. The third-order valence-electron chi connectivity index (χ3n) is 4.95. The van der Waals surface area contributed by atoms with Gasteiger partial charge in [0.25, 0.3) is 5.72 Å². The summed E-state index contributed by atoms with van der Waals surface area (Å²) in [6, 6.07) is 11.6. The fraction of sp³-hybridized carbons (Fsp3) is 0.190. The summed E-state index contributed by atoms with van der Waals surface area (Å²) in [7, 11) is 0. The van der Waals surface area contributed by atoms with Crippen LogP contribution in [-0.4, -0.2) is 32.7 Å². The largest absolute Gasteiger partial charge is 0.438 e. The summed E-state index contributed by atoms with van der Waals surface area (Å²) >= 11 is 11.6. The van der Waals surface area contributed by atoms with E-state index in [1.54, 1.807) is 0 Å². The highest BCUT2D eigenvalue weighted by Gasteiger charge is 2.63. The molecule has 0 bridgehead atoms. The van der Waals surface area contributed by atoms with Crippen molar-refractivity contribution in [3.8, 4) is 11.3 Å². The van der Waals surface area contributed by atoms with E-state index in [0.717, 1.165) is 0 Å². The number of nitrogens with zero attached hydrogens (tertiary/aromatic N) is 4. The maximum Gasteiger partial charge on any atom is 0.438 e. The summed E-state index contributed by atoms with van der Waals surface area (Å²) in [5.74, 6) is -1.08. The Morgan fingerprint density at radius 1 is 0.824 bits per heavy atom. The summed E-state index contributed by atoms with van der Waals surface area (Å²) in [5, 5.41) is 14.9. The van der Waals surface area contributed by atoms with Gasteiger partial charge in [0.15, 0.2) is 5.69 Å². The van der Waals surface area contributed by atoms with Gasteiger partial charge in [-0.25, -0.2) is 9.97 Å². The van der Waals surface area contributed by atoms with Crippen molar-refractivity contribution in [2.24, 2.45) is 5.10 Å². The van der Waals surface area contributed by atoms with Crippen molar-refractivity contribution < 1.29 is 31.4 Å². The highest BCUT2D eigenvalue weighted by molar-refractivity contribution is 6.31. The number of alkyl halides is 6. The molecule has 1 aliphatic heterocycles. The molecule has 2 heterocycles. The molecule has 0 aliphatic carbocycles. The standard InChI is InChI=1S/C21H12Cl2F6N4O/c22-13-5-1-11(2-6-13)15-9-17(20(24,25)26)31-18(30-15)33-19(34,21(27,28)29)10-16(32-33)12-3-7-14(23)8-4-12/h1-9,34H,10H2. The smallest absolute Gasteiger partial charge is 0.362 e. The predicted molar refractivity (Wildman–Crippen MR) is 114 cm³/mol. The maximum atomic E-state index is 14.0. The molecule has 1 unspecified atom stereocenters. The fourth-order valence-electron chi connectivity index (χ4n) is 3.22. The van der Waals surface area contributed by atoms with Gasteiger partial charge in [-0.05, 0) is 35.9 Å². The number of hydrogen-bond donors (Lipinski definition) is 1. The minimum atomic E-state index is -5.32. The van der Waals surface area contributed by atoms with Crippen molar-refractivity contribution in [2.75, 3.05) is 5.01 Å². The van der Waals surface area contributed by atoms with E-state index in [0.29, 0.717) is 11.1 Å². The van der Waals surface area contributed by atoms with Gasteiger partial charge >= 0.3 is 12.4 Å². The molecule has 4 rings (SSSR count). The monoisotopic (exact) mass is 520 g/mol. The van der Waals surface area contributed by atoms with Gasteiger partial charge in [-0.1, -0.05) is 47.5 Å². The first-order chi connectivity index (χ1) is 15.8. The molecule has 1 N–H and O–H groups in total. The normalized spacial score (nSPS) is 18.9. The molecule has 2 aromatic carbocycles. The van der Waals surface area contributed by atoms with Crippen LogP contribution in [0, 0.1) is 0 Å². The number of halogens is 8. The Morgan fingerprint density at radius 3 is 1.85 bits per heavy atom. The predicted octanol–water partition coefficient (Wildman–Crippen LogP) is 6.33. The quantitative estimate of drug-likeness (QED) is 0.409. The second-order valence-corrected chi connectivity index (χ2v) is 8.17. The van der Waals surface area contributed by atoms with Crippen LogP contribution in [0.25, 0.3) is 11.3 Å². The Bertz CT molecular complexity index is 1250. The Morgan fingerprint density at radius 2 is 1.35 bits per heavy atom. The first-order valence-electron chi connectivity index (χ1n) is 9.43. The first kappa shape index (κ1) is 24.2. The summed E-state index contributed by atoms with van der Waals surface area (Å²) < 4.78 is 82.5. The minimum absolute atomic E-state index is 0.0361. The average Bonchev–Trinajstić information content (AvgIpc) is 3.13. The zero-order chi connectivity index (χ0) is 24.9. The number of benzene rings is 2. The number of anilines is 1. The van der Waals surface area contributed by atoms with E-state index < -0.39 is 36.1 Å². The Kier molecular flexibility index (Phi) is 5.99.